The molecule has 0 aliphatic carbocycles. The molecule has 0 bridgehead atoms. The SMILES string of the molecule is CC(CCN)N(C)CCc1ccc2c(c1)CCCO2. The highest BCUT2D eigenvalue weighted by Gasteiger charge is 2.12. The van der Waals surface area contributed by atoms with E-state index in [-0.39, 0.29) is 0 Å². The third kappa shape index (κ3) is 3.95. The fraction of sp³-hybridized carbons (Fsp3) is 0.625. The van der Waals surface area contributed by atoms with Crippen molar-refractivity contribution >= 4 is 0 Å². The Morgan fingerprint density at radius 2 is 2.26 bits per heavy atom. The summed E-state index contributed by atoms with van der Waals surface area (Å²) in [5.41, 5.74) is 8.40. The standard InChI is InChI=1S/C16H26N2O/c1-13(7-9-17)18(2)10-8-14-5-6-16-15(12-14)4-3-11-19-16/h5-6,12-13H,3-4,7-11,17H2,1-2H3. The second kappa shape index (κ2) is 6.92. The van der Waals surface area contributed by atoms with E-state index in [1.165, 1.54) is 11.1 Å². The fourth-order valence-corrected chi connectivity index (χ4v) is 2.56. The van der Waals surface area contributed by atoms with Crippen molar-refractivity contribution in [2.75, 3.05) is 26.7 Å². The van der Waals surface area contributed by atoms with Crippen LogP contribution in [0.2, 0.25) is 0 Å². The number of likely N-dealkylation sites (N-methyl/N-ethyl adjacent to an activating group) is 1. The van der Waals surface area contributed by atoms with Crippen molar-refractivity contribution in [1.29, 1.82) is 0 Å². The number of hydrogen-bond donors (Lipinski definition) is 1. The first-order chi connectivity index (χ1) is 9.20. The predicted molar refractivity (Wildman–Crippen MR) is 79.7 cm³/mol. The van der Waals surface area contributed by atoms with Crippen LogP contribution in [-0.4, -0.2) is 37.7 Å². The van der Waals surface area contributed by atoms with E-state index in [9.17, 15) is 0 Å². The summed E-state index contributed by atoms with van der Waals surface area (Å²) in [6.45, 7) is 4.96. The van der Waals surface area contributed by atoms with Gasteiger partial charge in [-0.3, -0.25) is 0 Å². The maximum Gasteiger partial charge on any atom is 0.122 e. The van der Waals surface area contributed by atoms with Crippen LogP contribution in [-0.2, 0) is 12.8 Å². The Morgan fingerprint density at radius 3 is 3.05 bits per heavy atom. The molecule has 1 unspecified atom stereocenters. The lowest BCUT2D eigenvalue weighted by Gasteiger charge is -2.24. The average molecular weight is 262 g/mol. The normalized spacial score (nSPS) is 16.0. The second-order valence-corrected chi connectivity index (χ2v) is 5.55. The molecule has 3 nitrogen and oxygen atoms in total. The van der Waals surface area contributed by atoms with Gasteiger partial charge in [-0.2, -0.15) is 0 Å². The highest BCUT2D eigenvalue weighted by Crippen LogP contribution is 2.25. The van der Waals surface area contributed by atoms with E-state index >= 15 is 0 Å². The summed E-state index contributed by atoms with van der Waals surface area (Å²) >= 11 is 0. The van der Waals surface area contributed by atoms with Crippen molar-refractivity contribution < 1.29 is 4.74 Å². The summed E-state index contributed by atoms with van der Waals surface area (Å²) in [7, 11) is 2.18. The molecule has 19 heavy (non-hydrogen) atoms. The van der Waals surface area contributed by atoms with Gasteiger partial charge in [-0.05, 0) is 63.4 Å². The molecule has 0 radical (unpaired) electrons. The lowest BCUT2D eigenvalue weighted by Crippen LogP contribution is -2.32. The quantitative estimate of drug-likeness (QED) is 0.854. The zero-order valence-electron chi connectivity index (χ0n) is 12.2. The maximum absolute atomic E-state index is 5.65. The zero-order valence-corrected chi connectivity index (χ0v) is 12.2. The second-order valence-electron chi connectivity index (χ2n) is 5.55. The summed E-state index contributed by atoms with van der Waals surface area (Å²) in [5, 5.41) is 0. The number of nitrogens with zero attached hydrogens (tertiary/aromatic N) is 1. The van der Waals surface area contributed by atoms with Crippen LogP contribution in [0, 0.1) is 0 Å². The number of rotatable bonds is 6. The van der Waals surface area contributed by atoms with Gasteiger partial charge in [-0.1, -0.05) is 12.1 Å². The van der Waals surface area contributed by atoms with Crippen LogP contribution in [0.25, 0.3) is 0 Å². The molecule has 106 valence electrons. The minimum Gasteiger partial charge on any atom is -0.493 e. The molecule has 0 fully saturated rings. The molecule has 1 aromatic carbocycles. The molecule has 0 spiro atoms. The molecule has 3 heteroatoms. The molecule has 0 aromatic heterocycles. The summed E-state index contributed by atoms with van der Waals surface area (Å²) < 4.78 is 5.65. The Bertz CT molecular complexity index is 406. The number of ether oxygens (including phenoxy) is 1. The third-order valence-corrected chi connectivity index (χ3v) is 4.06. The van der Waals surface area contributed by atoms with E-state index in [0.717, 1.165) is 51.1 Å². The first kappa shape index (κ1) is 14.4. The maximum atomic E-state index is 5.65. The molecular formula is C16H26N2O. The molecule has 2 N–H and O–H groups in total. The van der Waals surface area contributed by atoms with E-state index < -0.39 is 0 Å². The number of aryl methyl sites for hydroxylation is 1. The Kier molecular flexibility index (Phi) is 5.23. The van der Waals surface area contributed by atoms with E-state index in [1.807, 2.05) is 0 Å². The number of benzene rings is 1. The molecule has 1 aliphatic heterocycles. The van der Waals surface area contributed by atoms with Gasteiger partial charge in [0.2, 0.25) is 0 Å². The Hall–Kier alpha value is -1.06. The number of fused-ring (bicyclic) bond motifs is 1. The molecule has 2 rings (SSSR count). The van der Waals surface area contributed by atoms with Crippen LogP contribution < -0.4 is 10.5 Å². The van der Waals surface area contributed by atoms with Crippen molar-refractivity contribution in [2.24, 2.45) is 5.73 Å². The van der Waals surface area contributed by atoms with Crippen LogP contribution in [0.4, 0.5) is 0 Å². The lowest BCUT2D eigenvalue weighted by atomic mass is 10.0. The van der Waals surface area contributed by atoms with Gasteiger partial charge in [0.25, 0.3) is 0 Å². The van der Waals surface area contributed by atoms with Gasteiger partial charge in [0, 0.05) is 12.6 Å². The van der Waals surface area contributed by atoms with E-state index in [4.69, 9.17) is 10.5 Å². The number of hydrogen-bond acceptors (Lipinski definition) is 3. The monoisotopic (exact) mass is 262 g/mol. The van der Waals surface area contributed by atoms with Crippen LogP contribution in [0.1, 0.15) is 30.9 Å². The van der Waals surface area contributed by atoms with Crippen molar-refractivity contribution in [3.8, 4) is 5.75 Å². The van der Waals surface area contributed by atoms with E-state index in [2.05, 4.69) is 37.1 Å². The predicted octanol–water partition coefficient (Wildman–Crippen LogP) is 2.22. The Balaban J connectivity index is 1.89. The van der Waals surface area contributed by atoms with Gasteiger partial charge < -0.3 is 15.4 Å². The topological polar surface area (TPSA) is 38.5 Å². The summed E-state index contributed by atoms with van der Waals surface area (Å²) in [6, 6.07) is 7.21. The number of nitrogens with two attached hydrogens (primary N) is 1. The zero-order chi connectivity index (χ0) is 13.7. The van der Waals surface area contributed by atoms with Gasteiger partial charge in [0.05, 0.1) is 6.61 Å². The Morgan fingerprint density at radius 1 is 1.42 bits per heavy atom. The molecular weight excluding hydrogens is 236 g/mol. The minimum absolute atomic E-state index is 0.561. The first-order valence-electron chi connectivity index (χ1n) is 7.35. The molecule has 1 aliphatic rings. The van der Waals surface area contributed by atoms with Crippen molar-refractivity contribution in [2.45, 2.75) is 38.6 Å². The van der Waals surface area contributed by atoms with Gasteiger partial charge in [0.1, 0.15) is 5.75 Å². The smallest absolute Gasteiger partial charge is 0.122 e. The van der Waals surface area contributed by atoms with Crippen LogP contribution in [0.5, 0.6) is 5.75 Å². The highest BCUT2D eigenvalue weighted by atomic mass is 16.5. The average Bonchev–Trinajstić information content (AvgIpc) is 2.44. The summed E-state index contributed by atoms with van der Waals surface area (Å²) in [6.07, 6.45) is 4.46. The largest absolute Gasteiger partial charge is 0.493 e. The highest BCUT2D eigenvalue weighted by molar-refractivity contribution is 5.38. The molecule has 1 heterocycles. The summed E-state index contributed by atoms with van der Waals surface area (Å²) in [4.78, 5) is 2.39. The van der Waals surface area contributed by atoms with Crippen molar-refractivity contribution in [1.82, 2.24) is 4.90 Å². The van der Waals surface area contributed by atoms with Gasteiger partial charge in [0.15, 0.2) is 0 Å². The third-order valence-electron chi connectivity index (χ3n) is 4.06. The van der Waals surface area contributed by atoms with Crippen molar-refractivity contribution in [3.05, 3.63) is 29.3 Å². The lowest BCUT2D eigenvalue weighted by molar-refractivity contribution is 0.251. The van der Waals surface area contributed by atoms with Crippen LogP contribution in [0.3, 0.4) is 0 Å². The van der Waals surface area contributed by atoms with Gasteiger partial charge in [-0.15, -0.1) is 0 Å². The van der Waals surface area contributed by atoms with Crippen LogP contribution >= 0.6 is 0 Å². The molecule has 1 aromatic rings. The molecule has 1 atom stereocenters. The fourth-order valence-electron chi connectivity index (χ4n) is 2.56. The Labute approximate surface area is 116 Å². The van der Waals surface area contributed by atoms with Gasteiger partial charge >= 0.3 is 0 Å². The van der Waals surface area contributed by atoms with Gasteiger partial charge in [-0.25, -0.2) is 0 Å². The first-order valence-corrected chi connectivity index (χ1v) is 7.35. The molecule has 0 saturated heterocycles. The van der Waals surface area contributed by atoms with E-state index in [1.54, 1.807) is 0 Å². The molecule has 0 amide bonds. The van der Waals surface area contributed by atoms with Crippen molar-refractivity contribution in [3.63, 3.8) is 0 Å². The molecule has 0 saturated carbocycles. The van der Waals surface area contributed by atoms with Crippen LogP contribution in [0.15, 0.2) is 18.2 Å². The summed E-state index contributed by atoms with van der Waals surface area (Å²) in [5.74, 6) is 1.08. The van der Waals surface area contributed by atoms with E-state index in [0.29, 0.717) is 6.04 Å². The minimum atomic E-state index is 0.561.